The Morgan fingerprint density at radius 3 is 2.46 bits per heavy atom. The number of hydrogen-bond donors (Lipinski definition) is 1. The van der Waals surface area contributed by atoms with Crippen LogP contribution in [0.2, 0.25) is 0 Å². The standard InChI is InChI=1S/C21H22N4O/c22-14-17-6-4-5-7-18(17)15-24-12-10-21(11-13-24)20(26)23-16-25(21)19-8-2-1-3-9-19/h1-9H,10-13,15-16H2,(H,23,26). The molecule has 2 aromatic rings. The molecular weight excluding hydrogens is 324 g/mol. The fraction of sp³-hybridized carbons (Fsp3) is 0.333. The first kappa shape index (κ1) is 16.6. The Hall–Kier alpha value is -2.84. The second-order valence-corrected chi connectivity index (χ2v) is 7.00. The summed E-state index contributed by atoms with van der Waals surface area (Å²) in [5, 5.41) is 12.3. The van der Waals surface area contributed by atoms with Gasteiger partial charge in [-0.3, -0.25) is 9.69 Å². The Balaban J connectivity index is 1.50. The van der Waals surface area contributed by atoms with Gasteiger partial charge in [0.1, 0.15) is 5.54 Å². The number of rotatable bonds is 3. The van der Waals surface area contributed by atoms with Gasteiger partial charge in [0.25, 0.3) is 0 Å². The van der Waals surface area contributed by atoms with E-state index < -0.39 is 5.54 Å². The number of amides is 1. The number of hydrogen-bond acceptors (Lipinski definition) is 4. The highest BCUT2D eigenvalue weighted by Crippen LogP contribution is 2.36. The summed E-state index contributed by atoms with van der Waals surface area (Å²) in [4.78, 5) is 17.2. The molecule has 0 unspecified atom stereocenters. The number of nitrogens with zero attached hydrogens (tertiary/aromatic N) is 3. The van der Waals surface area contributed by atoms with Crippen molar-refractivity contribution in [2.24, 2.45) is 0 Å². The number of nitriles is 1. The van der Waals surface area contributed by atoms with Crippen molar-refractivity contribution in [2.75, 3.05) is 24.7 Å². The number of benzene rings is 2. The van der Waals surface area contributed by atoms with Crippen LogP contribution in [0.25, 0.3) is 0 Å². The Kier molecular flexibility index (Phi) is 4.36. The molecule has 0 aliphatic carbocycles. The van der Waals surface area contributed by atoms with Crippen molar-refractivity contribution in [3.63, 3.8) is 0 Å². The summed E-state index contributed by atoms with van der Waals surface area (Å²) >= 11 is 0. The number of carbonyl (C=O) groups is 1. The number of likely N-dealkylation sites (tertiary alicyclic amines) is 1. The van der Waals surface area contributed by atoms with E-state index in [4.69, 9.17) is 0 Å². The molecular formula is C21H22N4O. The third-order valence-electron chi connectivity index (χ3n) is 5.62. The van der Waals surface area contributed by atoms with Crippen molar-refractivity contribution in [3.8, 4) is 6.07 Å². The quantitative estimate of drug-likeness (QED) is 0.928. The molecule has 0 atom stereocenters. The molecule has 2 saturated heterocycles. The Labute approximate surface area is 153 Å². The second-order valence-electron chi connectivity index (χ2n) is 7.00. The first-order chi connectivity index (χ1) is 12.7. The number of anilines is 1. The molecule has 132 valence electrons. The molecule has 2 heterocycles. The summed E-state index contributed by atoms with van der Waals surface area (Å²) in [7, 11) is 0. The second kappa shape index (κ2) is 6.81. The zero-order chi connectivity index (χ0) is 18.0. The number of piperidine rings is 1. The summed E-state index contributed by atoms with van der Waals surface area (Å²) in [6.45, 7) is 3.01. The van der Waals surface area contributed by atoms with E-state index >= 15 is 0 Å². The smallest absolute Gasteiger partial charge is 0.247 e. The maximum Gasteiger partial charge on any atom is 0.247 e. The van der Waals surface area contributed by atoms with Gasteiger partial charge in [0.15, 0.2) is 0 Å². The van der Waals surface area contributed by atoms with Gasteiger partial charge in [-0.05, 0) is 36.6 Å². The van der Waals surface area contributed by atoms with E-state index in [0.29, 0.717) is 6.67 Å². The number of carbonyl (C=O) groups excluding carboxylic acids is 1. The molecule has 2 fully saturated rings. The third-order valence-corrected chi connectivity index (χ3v) is 5.62. The van der Waals surface area contributed by atoms with Gasteiger partial charge < -0.3 is 10.2 Å². The Bertz CT molecular complexity index is 835. The Morgan fingerprint density at radius 1 is 1.04 bits per heavy atom. The maximum atomic E-state index is 12.7. The van der Waals surface area contributed by atoms with Crippen LogP contribution in [-0.2, 0) is 11.3 Å². The molecule has 5 heteroatoms. The molecule has 5 nitrogen and oxygen atoms in total. The molecule has 0 radical (unpaired) electrons. The molecule has 1 amide bonds. The summed E-state index contributed by atoms with van der Waals surface area (Å²) < 4.78 is 0. The maximum absolute atomic E-state index is 12.7. The minimum atomic E-state index is -0.452. The molecule has 2 aromatic carbocycles. The van der Waals surface area contributed by atoms with Crippen LogP contribution in [0.5, 0.6) is 0 Å². The third kappa shape index (κ3) is 2.83. The molecule has 26 heavy (non-hydrogen) atoms. The van der Waals surface area contributed by atoms with E-state index in [1.807, 2.05) is 42.5 Å². The highest BCUT2D eigenvalue weighted by Gasteiger charge is 2.50. The van der Waals surface area contributed by atoms with Crippen molar-refractivity contribution in [2.45, 2.75) is 24.9 Å². The predicted molar refractivity (Wildman–Crippen MR) is 100 cm³/mol. The SMILES string of the molecule is N#Cc1ccccc1CN1CCC2(CC1)C(=O)NCN2c1ccccc1. The zero-order valence-corrected chi connectivity index (χ0v) is 14.7. The average Bonchev–Trinajstić information content (AvgIpc) is 3.01. The highest BCUT2D eigenvalue weighted by molar-refractivity contribution is 5.93. The van der Waals surface area contributed by atoms with Crippen molar-refractivity contribution in [1.82, 2.24) is 10.2 Å². The lowest BCUT2D eigenvalue weighted by Gasteiger charge is -2.43. The first-order valence-electron chi connectivity index (χ1n) is 9.04. The highest BCUT2D eigenvalue weighted by atomic mass is 16.2. The van der Waals surface area contributed by atoms with Gasteiger partial charge in [-0.25, -0.2) is 0 Å². The minimum Gasteiger partial charge on any atom is -0.339 e. The van der Waals surface area contributed by atoms with Crippen molar-refractivity contribution in [3.05, 3.63) is 65.7 Å². The van der Waals surface area contributed by atoms with Crippen molar-refractivity contribution in [1.29, 1.82) is 5.26 Å². The van der Waals surface area contributed by atoms with Crippen LogP contribution < -0.4 is 10.2 Å². The molecule has 0 bridgehead atoms. The predicted octanol–water partition coefficient (Wildman–Crippen LogP) is 2.49. The summed E-state index contributed by atoms with van der Waals surface area (Å²) in [5.41, 5.74) is 2.43. The van der Waals surface area contributed by atoms with Crippen LogP contribution in [-0.4, -0.2) is 36.1 Å². The van der Waals surface area contributed by atoms with Crippen LogP contribution in [0.4, 0.5) is 5.69 Å². The summed E-state index contributed by atoms with van der Waals surface area (Å²) in [5.74, 6) is 0.137. The van der Waals surface area contributed by atoms with Gasteiger partial charge in [-0.15, -0.1) is 0 Å². The van der Waals surface area contributed by atoms with E-state index in [-0.39, 0.29) is 5.91 Å². The topological polar surface area (TPSA) is 59.4 Å². The van der Waals surface area contributed by atoms with E-state index in [2.05, 4.69) is 33.3 Å². The summed E-state index contributed by atoms with van der Waals surface area (Å²) in [6.07, 6.45) is 1.59. The fourth-order valence-corrected chi connectivity index (χ4v) is 4.12. The van der Waals surface area contributed by atoms with Crippen molar-refractivity contribution >= 4 is 11.6 Å². The molecule has 1 spiro atoms. The van der Waals surface area contributed by atoms with Gasteiger partial charge in [0, 0.05) is 25.3 Å². The van der Waals surface area contributed by atoms with Crippen LogP contribution in [0.1, 0.15) is 24.0 Å². The molecule has 0 saturated carbocycles. The Morgan fingerprint density at radius 2 is 1.73 bits per heavy atom. The zero-order valence-electron chi connectivity index (χ0n) is 14.7. The lowest BCUT2D eigenvalue weighted by atomic mass is 9.85. The van der Waals surface area contributed by atoms with Gasteiger partial charge in [0.2, 0.25) is 5.91 Å². The van der Waals surface area contributed by atoms with Crippen molar-refractivity contribution < 1.29 is 4.79 Å². The van der Waals surface area contributed by atoms with Gasteiger partial charge in [0.05, 0.1) is 18.3 Å². The van der Waals surface area contributed by atoms with Gasteiger partial charge in [-0.2, -0.15) is 5.26 Å². The van der Waals surface area contributed by atoms with Crippen LogP contribution in [0, 0.1) is 11.3 Å². The number of para-hydroxylation sites is 1. The molecule has 1 N–H and O–H groups in total. The van der Waals surface area contributed by atoms with E-state index in [1.165, 1.54) is 0 Å². The molecule has 2 aliphatic rings. The molecule has 0 aromatic heterocycles. The van der Waals surface area contributed by atoms with Crippen LogP contribution in [0.15, 0.2) is 54.6 Å². The molecule has 2 aliphatic heterocycles. The minimum absolute atomic E-state index is 0.137. The fourth-order valence-electron chi connectivity index (χ4n) is 4.12. The number of nitrogens with one attached hydrogen (secondary N) is 1. The van der Waals surface area contributed by atoms with Gasteiger partial charge >= 0.3 is 0 Å². The summed E-state index contributed by atoms with van der Waals surface area (Å²) in [6, 6.07) is 20.2. The van der Waals surface area contributed by atoms with E-state index in [1.54, 1.807) is 0 Å². The normalized spacial score (nSPS) is 19.3. The monoisotopic (exact) mass is 346 g/mol. The van der Waals surface area contributed by atoms with Gasteiger partial charge in [-0.1, -0.05) is 36.4 Å². The lowest BCUT2D eigenvalue weighted by molar-refractivity contribution is -0.125. The van der Waals surface area contributed by atoms with E-state index in [9.17, 15) is 10.1 Å². The first-order valence-corrected chi connectivity index (χ1v) is 9.04. The van der Waals surface area contributed by atoms with E-state index in [0.717, 1.165) is 49.3 Å². The molecule has 4 rings (SSSR count). The lowest BCUT2D eigenvalue weighted by Crippen LogP contribution is -2.56. The average molecular weight is 346 g/mol. The van der Waals surface area contributed by atoms with Crippen LogP contribution >= 0.6 is 0 Å². The van der Waals surface area contributed by atoms with Crippen LogP contribution in [0.3, 0.4) is 0 Å². The largest absolute Gasteiger partial charge is 0.339 e.